The summed E-state index contributed by atoms with van der Waals surface area (Å²) in [5.74, 6) is 0.442. The average Bonchev–Trinajstić information content (AvgIpc) is 3.08. The predicted octanol–water partition coefficient (Wildman–Crippen LogP) is 2.02. The number of aliphatic hydroxyl groups excluding tert-OH is 1. The topological polar surface area (TPSA) is 64.1 Å². The Hall–Kier alpha value is -2.40. The van der Waals surface area contributed by atoms with Crippen LogP contribution < -0.4 is 0 Å². The lowest BCUT2D eigenvalue weighted by atomic mass is 10.2. The van der Waals surface area contributed by atoms with Gasteiger partial charge in [-0.1, -0.05) is 23.4 Å². The normalized spacial score (nSPS) is 10.7. The van der Waals surface area contributed by atoms with Crippen molar-refractivity contribution in [2.75, 3.05) is 0 Å². The monoisotopic (exact) mass is 241 g/mol. The van der Waals surface area contributed by atoms with Gasteiger partial charge >= 0.3 is 0 Å². The van der Waals surface area contributed by atoms with Crippen LogP contribution in [-0.2, 0) is 6.61 Å². The second kappa shape index (κ2) is 4.46. The zero-order valence-electron chi connectivity index (χ0n) is 9.52. The van der Waals surface area contributed by atoms with Crippen LogP contribution in [0.1, 0.15) is 5.76 Å². The van der Waals surface area contributed by atoms with Crippen LogP contribution in [0.4, 0.5) is 0 Å². The lowest BCUT2D eigenvalue weighted by Crippen LogP contribution is -1.92. The van der Waals surface area contributed by atoms with Gasteiger partial charge in [0.2, 0.25) is 0 Å². The minimum Gasteiger partial charge on any atom is -0.388 e. The van der Waals surface area contributed by atoms with Gasteiger partial charge in [-0.15, -0.1) is 0 Å². The average molecular weight is 241 g/mol. The predicted molar refractivity (Wildman–Crippen MR) is 65.0 cm³/mol. The van der Waals surface area contributed by atoms with Crippen LogP contribution in [0, 0.1) is 0 Å². The lowest BCUT2D eigenvalue weighted by Gasteiger charge is -1.98. The van der Waals surface area contributed by atoms with E-state index in [1.54, 1.807) is 16.9 Å². The Morgan fingerprint density at radius 2 is 2.06 bits per heavy atom. The molecule has 0 bridgehead atoms. The first kappa shape index (κ1) is 10.7. The molecule has 0 saturated carbocycles. The highest BCUT2D eigenvalue weighted by Crippen LogP contribution is 2.19. The molecule has 2 heterocycles. The zero-order valence-corrected chi connectivity index (χ0v) is 9.52. The van der Waals surface area contributed by atoms with Crippen molar-refractivity contribution in [1.29, 1.82) is 0 Å². The molecule has 0 spiro atoms. The minimum atomic E-state index is -0.153. The summed E-state index contributed by atoms with van der Waals surface area (Å²) in [5, 5.41) is 17.1. The van der Waals surface area contributed by atoms with E-state index in [2.05, 4.69) is 10.3 Å². The molecule has 0 amide bonds. The summed E-state index contributed by atoms with van der Waals surface area (Å²) in [6.07, 6.45) is 3.58. The first-order chi connectivity index (χ1) is 8.86. The molecule has 5 heteroatoms. The van der Waals surface area contributed by atoms with Gasteiger partial charge in [0.15, 0.2) is 5.76 Å². The number of aliphatic hydroxyl groups is 1. The molecule has 0 fully saturated rings. The Labute approximate surface area is 103 Å². The highest BCUT2D eigenvalue weighted by atomic mass is 16.5. The van der Waals surface area contributed by atoms with E-state index in [0.29, 0.717) is 11.5 Å². The number of hydrogen-bond donors (Lipinski definition) is 1. The molecule has 0 saturated heterocycles. The van der Waals surface area contributed by atoms with Crippen molar-refractivity contribution in [3.05, 3.63) is 54.6 Å². The molecule has 18 heavy (non-hydrogen) atoms. The number of aromatic nitrogens is 3. The molecule has 0 aliphatic rings. The minimum absolute atomic E-state index is 0.153. The quantitative estimate of drug-likeness (QED) is 0.762. The molecule has 5 nitrogen and oxygen atoms in total. The van der Waals surface area contributed by atoms with Gasteiger partial charge in [0, 0.05) is 17.8 Å². The summed E-state index contributed by atoms with van der Waals surface area (Å²) in [6, 6.07) is 11.5. The van der Waals surface area contributed by atoms with Gasteiger partial charge in [-0.3, -0.25) is 0 Å². The molecule has 0 unspecified atom stereocenters. The van der Waals surface area contributed by atoms with Gasteiger partial charge < -0.3 is 9.63 Å². The summed E-state index contributed by atoms with van der Waals surface area (Å²) in [7, 11) is 0. The largest absolute Gasteiger partial charge is 0.388 e. The second-order valence-corrected chi connectivity index (χ2v) is 3.85. The van der Waals surface area contributed by atoms with Crippen LogP contribution in [-0.4, -0.2) is 20.0 Å². The van der Waals surface area contributed by atoms with Gasteiger partial charge in [-0.2, -0.15) is 5.10 Å². The van der Waals surface area contributed by atoms with Crippen molar-refractivity contribution in [1.82, 2.24) is 14.9 Å². The van der Waals surface area contributed by atoms with E-state index in [4.69, 9.17) is 9.63 Å². The van der Waals surface area contributed by atoms with Crippen LogP contribution in [0.5, 0.6) is 0 Å². The van der Waals surface area contributed by atoms with Gasteiger partial charge in [-0.05, 0) is 12.1 Å². The first-order valence-corrected chi connectivity index (χ1v) is 5.54. The summed E-state index contributed by atoms with van der Waals surface area (Å²) in [4.78, 5) is 0. The van der Waals surface area contributed by atoms with Crippen molar-refractivity contribution in [2.24, 2.45) is 0 Å². The Morgan fingerprint density at radius 1 is 1.22 bits per heavy atom. The molecule has 3 aromatic rings. The molecule has 90 valence electrons. The number of para-hydroxylation sites is 1. The van der Waals surface area contributed by atoms with E-state index in [9.17, 15) is 0 Å². The SMILES string of the molecule is OCc1cc(-c2cnn(-c3ccccc3)c2)no1. The third-order valence-electron chi connectivity index (χ3n) is 2.61. The summed E-state index contributed by atoms with van der Waals surface area (Å²) >= 11 is 0. The van der Waals surface area contributed by atoms with Gasteiger partial charge in [0.1, 0.15) is 12.3 Å². The maximum atomic E-state index is 8.93. The fourth-order valence-electron chi connectivity index (χ4n) is 1.70. The third kappa shape index (κ3) is 1.91. The fourth-order valence-corrected chi connectivity index (χ4v) is 1.70. The Morgan fingerprint density at radius 3 is 2.78 bits per heavy atom. The molecule has 0 aliphatic heterocycles. The van der Waals surface area contributed by atoms with E-state index in [1.165, 1.54) is 0 Å². The van der Waals surface area contributed by atoms with Crippen LogP contribution >= 0.6 is 0 Å². The lowest BCUT2D eigenvalue weighted by molar-refractivity contribution is 0.229. The number of rotatable bonds is 3. The fraction of sp³-hybridized carbons (Fsp3) is 0.0769. The first-order valence-electron chi connectivity index (χ1n) is 5.54. The standard InChI is InChI=1S/C13H11N3O2/c17-9-12-6-13(15-18-12)10-7-14-16(8-10)11-4-2-1-3-5-11/h1-8,17H,9H2. The Kier molecular flexibility index (Phi) is 2.66. The summed E-state index contributed by atoms with van der Waals surface area (Å²) in [6.45, 7) is -0.153. The van der Waals surface area contributed by atoms with E-state index >= 15 is 0 Å². The molecule has 1 aromatic carbocycles. The molecule has 2 aromatic heterocycles. The van der Waals surface area contributed by atoms with Gasteiger partial charge in [0.05, 0.1) is 11.9 Å². The molecule has 0 atom stereocenters. The Balaban J connectivity index is 1.94. The van der Waals surface area contributed by atoms with Crippen molar-refractivity contribution >= 4 is 0 Å². The van der Waals surface area contributed by atoms with Gasteiger partial charge in [0.25, 0.3) is 0 Å². The molecule has 3 rings (SSSR count). The van der Waals surface area contributed by atoms with E-state index in [1.807, 2.05) is 36.5 Å². The zero-order chi connectivity index (χ0) is 12.4. The third-order valence-corrected chi connectivity index (χ3v) is 2.61. The maximum Gasteiger partial charge on any atom is 0.162 e. The summed E-state index contributed by atoms with van der Waals surface area (Å²) in [5.41, 5.74) is 2.50. The van der Waals surface area contributed by atoms with Crippen molar-refractivity contribution in [3.63, 3.8) is 0 Å². The highest BCUT2D eigenvalue weighted by Gasteiger charge is 2.08. The smallest absolute Gasteiger partial charge is 0.162 e. The molecular formula is C13H11N3O2. The van der Waals surface area contributed by atoms with Crippen LogP contribution in [0.15, 0.2) is 53.3 Å². The number of benzene rings is 1. The Bertz CT molecular complexity index is 643. The molecule has 0 aliphatic carbocycles. The number of nitrogens with zero attached hydrogens (tertiary/aromatic N) is 3. The van der Waals surface area contributed by atoms with Crippen molar-refractivity contribution < 1.29 is 9.63 Å². The molecule has 0 radical (unpaired) electrons. The highest BCUT2D eigenvalue weighted by molar-refractivity contribution is 5.57. The number of hydrogen-bond acceptors (Lipinski definition) is 4. The summed E-state index contributed by atoms with van der Waals surface area (Å²) < 4.78 is 6.71. The van der Waals surface area contributed by atoms with Crippen LogP contribution in [0.3, 0.4) is 0 Å². The van der Waals surface area contributed by atoms with E-state index < -0.39 is 0 Å². The van der Waals surface area contributed by atoms with Crippen LogP contribution in [0.25, 0.3) is 16.9 Å². The van der Waals surface area contributed by atoms with E-state index in [0.717, 1.165) is 11.3 Å². The van der Waals surface area contributed by atoms with Gasteiger partial charge in [-0.25, -0.2) is 4.68 Å². The van der Waals surface area contributed by atoms with Crippen molar-refractivity contribution in [2.45, 2.75) is 6.61 Å². The molecular weight excluding hydrogens is 230 g/mol. The van der Waals surface area contributed by atoms with Crippen molar-refractivity contribution in [3.8, 4) is 16.9 Å². The van der Waals surface area contributed by atoms with E-state index in [-0.39, 0.29) is 6.61 Å². The molecule has 1 N–H and O–H groups in total. The maximum absolute atomic E-state index is 8.93. The van der Waals surface area contributed by atoms with Crippen LogP contribution in [0.2, 0.25) is 0 Å². The second-order valence-electron chi connectivity index (χ2n) is 3.85.